The Morgan fingerprint density at radius 2 is 1.80 bits per heavy atom. The van der Waals surface area contributed by atoms with Crippen LogP contribution in [0.4, 0.5) is 5.69 Å². The second kappa shape index (κ2) is 6.86. The number of carboxylic acids is 1. The second-order valence-corrected chi connectivity index (χ2v) is 4.61. The van der Waals surface area contributed by atoms with E-state index < -0.39 is 11.5 Å². The van der Waals surface area contributed by atoms with Crippen LogP contribution in [0.5, 0.6) is 0 Å². The molecule has 0 aliphatic carbocycles. The Hall–Kier alpha value is -2.14. The lowest BCUT2D eigenvalue weighted by atomic mass is 9.93. The van der Waals surface area contributed by atoms with Gasteiger partial charge in [0.2, 0.25) is 5.91 Å². The van der Waals surface area contributed by atoms with E-state index in [0.717, 1.165) is 11.6 Å². The van der Waals surface area contributed by atoms with Crippen LogP contribution in [0.2, 0.25) is 0 Å². The molecule has 108 valence electrons. The molecular formula is C15H20N2O3. The largest absolute Gasteiger partial charge is 0.478 e. The zero-order valence-corrected chi connectivity index (χ0v) is 11.7. The van der Waals surface area contributed by atoms with Crippen molar-refractivity contribution in [3.8, 4) is 0 Å². The van der Waals surface area contributed by atoms with Crippen molar-refractivity contribution in [1.29, 1.82) is 0 Å². The number of nitrogens with one attached hydrogen (secondary N) is 1. The van der Waals surface area contributed by atoms with Crippen LogP contribution in [-0.2, 0) is 9.59 Å². The Bertz CT molecular complexity index is 502. The fourth-order valence-corrected chi connectivity index (χ4v) is 1.67. The van der Waals surface area contributed by atoms with E-state index in [1.165, 1.54) is 6.08 Å². The van der Waals surface area contributed by atoms with Crippen molar-refractivity contribution >= 4 is 23.6 Å². The molecule has 0 aromatic heterocycles. The van der Waals surface area contributed by atoms with Crippen LogP contribution in [0.3, 0.4) is 0 Å². The highest BCUT2D eigenvalue weighted by Gasteiger charge is 2.29. The molecule has 1 amide bonds. The van der Waals surface area contributed by atoms with Crippen LogP contribution in [0.1, 0.15) is 32.3 Å². The van der Waals surface area contributed by atoms with Crippen LogP contribution >= 0.6 is 0 Å². The van der Waals surface area contributed by atoms with Gasteiger partial charge in [-0.1, -0.05) is 26.0 Å². The van der Waals surface area contributed by atoms with Gasteiger partial charge < -0.3 is 16.2 Å². The van der Waals surface area contributed by atoms with E-state index in [-0.39, 0.29) is 5.91 Å². The molecule has 20 heavy (non-hydrogen) atoms. The van der Waals surface area contributed by atoms with Crippen molar-refractivity contribution in [2.75, 3.05) is 5.32 Å². The molecule has 0 radical (unpaired) electrons. The molecule has 5 nitrogen and oxygen atoms in total. The molecule has 0 heterocycles. The minimum atomic E-state index is -0.999. The van der Waals surface area contributed by atoms with Gasteiger partial charge in [0.25, 0.3) is 0 Å². The van der Waals surface area contributed by atoms with E-state index in [1.807, 2.05) is 13.8 Å². The number of aliphatic carboxylic acids is 1. The lowest BCUT2D eigenvalue weighted by Gasteiger charge is -2.25. The topological polar surface area (TPSA) is 92.4 Å². The Balaban J connectivity index is 2.75. The van der Waals surface area contributed by atoms with Gasteiger partial charge in [0, 0.05) is 11.8 Å². The fourth-order valence-electron chi connectivity index (χ4n) is 1.67. The summed E-state index contributed by atoms with van der Waals surface area (Å²) < 4.78 is 0. The summed E-state index contributed by atoms with van der Waals surface area (Å²) in [5, 5.41) is 11.3. The lowest BCUT2D eigenvalue weighted by Crippen LogP contribution is -2.50. The minimum Gasteiger partial charge on any atom is -0.478 e. The number of rotatable bonds is 6. The van der Waals surface area contributed by atoms with Gasteiger partial charge in [-0.05, 0) is 36.6 Å². The van der Waals surface area contributed by atoms with Gasteiger partial charge in [0.1, 0.15) is 0 Å². The zero-order valence-electron chi connectivity index (χ0n) is 11.7. The number of hydrogen-bond donors (Lipinski definition) is 3. The van der Waals surface area contributed by atoms with Crippen molar-refractivity contribution in [3.05, 3.63) is 35.9 Å². The van der Waals surface area contributed by atoms with Gasteiger partial charge in [-0.3, -0.25) is 4.79 Å². The molecule has 0 saturated heterocycles. The number of nitrogens with two attached hydrogens (primary N) is 1. The maximum Gasteiger partial charge on any atom is 0.328 e. The van der Waals surface area contributed by atoms with Crippen molar-refractivity contribution in [2.24, 2.45) is 5.73 Å². The SMILES string of the molecule is CCC(N)(CC)C(=O)Nc1ccc(/C=C/C(=O)O)cc1. The molecule has 5 heteroatoms. The molecule has 0 atom stereocenters. The molecule has 0 aliphatic rings. The van der Waals surface area contributed by atoms with Gasteiger partial charge in [-0.2, -0.15) is 0 Å². The van der Waals surface area contributed by atoms with E-state index in [4.69, 9.17) is 10.8 Å². The van der Waals surface area contributed by atoms with E-state index in [0.29, 0.717) is 18.5 Å². The first-order valence-corrected chi connectivity index (χ1v) is 6.52. The van der Waals surface area contributed by atoms with Gasteiger partial charge in [-0.25, -0.2) is 4.79 Å². The van der Waals surface area contributed by atoms with Crippen LogP contribution in [0.15, 0.2) is 30.3 Å². The van der Waals surface area contributed by atoms with Crippen LogP contribution in [0, 0.1) is 0 Å². The smallest absolute Gasteiger partial charge is 0.328 e. The van der Waals surface area contributed by atoms with Crippen molar-refractivity contribution in [2.45, 2.75) is 32.2 Å². The van der Waals surface area contributed by atoms with Crippen molar-refractivity contribution < 1.29 is 14.7 Å². The summed E-state index contributed by atoms with van der Waals surface area (Å²) in [6, 6.07) is 6.88. The van der Waals surface area contributed by atoms with Crippen molar-refractivity contribution in [3.63, 3.8) is 0 Å². The Morgan fingerprint density at radius 3 is 2.25 bits per heavy atom. The molecule has 0 fully saturated rings. The third kappa shape index (κ3) is 4.20. The Labute approximate surface area is 118 Å². The maximum absolute atomic E-state index is 12.1. The summed E-state index contributed by atoms with van der Waals surface area (Å²) in [6.45, 7) is 3.76. The number of benzene rings is 1. The highest BCUT2D eigenvalue weighted by molar-refractivity contribution is 5.98. The van der Waals surface area contributed by atoms with Crippen LogP contribution in [-0.4, -0.2) is 22.5 Å². The Kier molecular flexibility index (Phi) is 5.46. The summed E-state index contributed by atoms with van der Waals surface area (Å²) in [6.07, 6.45) is 3.68. The van der Waals surface area contributed by atoms with E-state index in [9.17, 15) is 9.59 Å². The summed E-state index contributed by atoms with van der Waals surface area (Å²) in [4.78, 5) is 22.5. The normalized spacial score (nSPS) is 11.6. The van der Waals surface area contributed by atoms with Gasteiger partial charge in [0.05, 0.1) is 5.54 Å². The molecule has 0 spiro atoms. The van der Waals surface area contributed by atoms with Crippen molar-refractivity contribution in [1.82, 2.24) is 0 Å². The second-order valence-electron chi connectivity index (χ2n) is 4.61. The van der Waals surface area contributed by atoms with Gasteiger partial charge >= 0.3 is 5.97 Å². The number of carbonyl (C=O) groups excluding carboxylic acids is 1. The molecule has 0 bridgehead atoms. The summed E-state index contributed by atoms with van der Waals surface area (Å²) in [5.41, 5.74) is 6.53. The monoisotopic (exact) mass is 276 g/mol. The highest BCUT2D eigenvalue weighted by atomic mass is 16.4. The molecule has 0 saturated carbocycles. The maximum atomic E-state index is 12.1. The first kappa shape index (κ1) is 15.9. The average Bonchev–Trinajstić information content (AvgIpc) is 2.45. The Morgan fingerprint density at radius 1 is 1.25 bits per heavy atom. The van der Waals surface area contributed by atoms with E-state index >= 15 is 0 Å². The van der Waals surface area contributed by atoms with Crippen LogP contribution < -0.4 is 11.1 Å². The average molecular weight is 276 g/mol. The molecule has 1 rings (SSSR count). The first-order chi connectivity index (χ1) is 9.41. The minimum absolute atomic E-state index is 0.212. The van der Waals surface area contributed by atoms with E-state index in [2.05, 4.69) is 5.32 Å². The summed E-state index contributed by atoms with van der Waals surface area (Å²) in [7, 11) is 0. The molecule has 0 aliphatic heterocycles. The summed E-state index contributed by atoms with van der Waals surface area (Å²) in [5.74, 6) is -1.21. The van der Waals surface area contributed by atoms with Gasteiger partial charge in [-0.15, -0.1) is 0 Å². The number of anilines is 1. The zero-order chi connectivity index (χ0) is 15.2. The van der Waals surface area contributed by atoms with Gasteiger partial charge in [0.15, 0.2) is 0 Å². The predicted molar refractivity (Wildman–Crippen MR) is 79.2 cm³/mol. The molecular weight excluding hydrogens is 256 g/mol. The fraction of sp³-hybridized carbons (Fsp3) is 0.333. The molecule has 0 unspecified atom stereocenters. The quantitative estimate of drug-likeness (QED) is 0.695. The first-order valence-electron chi connectivity index (χ1n) is 6.52. The number of carbonyl (C=O) groups is 2. The van der Waals surface area contributed by atoms with Crippen LogP contribution in [0.25, 0.3) is 6.08 Å². The predicted octanol–water partition coefficient (Wildman–Crippen LogP) is 2.24. The highest BCUT2D eigenvalue weighted by Crippen LogP contribution is 2.16. The third-order valence-corrected chi connectivity index (χ3v) is 3.30. The number of hydrogen-bond acceptors (Lipinski definition) is 3. The molecule has 4 N–H and O–H groups in total. The standard InChI is InChI=1S/C15H20N2O3/c1-3-15(16,4-2)14(20)17-12-8-5-11(6-9-12)7-10-13(18)19/h5-10H,3-4,16H2,1-2H3,(H,17,20)(H,18,19)/b10-7+. The molecule has 1 aromatic carbocycles. The summed E-state index contributed by atoms with van der Waals surface area (Å²) >= 11 is 0. The number of amides is 1. The molecule has 1 aromatic rings. The number of carboxylic acid groups (broad SMARTS) is 1. The third-order valence-electron chi connectivity index (χ3n) is 3.30. The lowest BCUT2D eigenvalue weighted by molar-refractivity contribution is -0.131. The van der Waals surface area contributed by atoms with E-state index in [1.54, 1.807) is 24.3 Å².